The summed E-state index contributed by atoms with van der Waals surface area (Å²) in [7, 11) is 2.08. The second-order valence-electron chi connectivity index (χ2n) is 6.25. The lowest BCUT2D eigenvalue weighted by molar-refractivity contribution is -0.118. The smallest absolute Gasteiger partial charge is 0.271 e. The number of carbonyl (C=O) groups excluding carboxylic acids is 2. The van der Waals surface area contributed by atoms with Gasteiger partial charge in [-0.3, -0.25) is 9.59 Å². The van der Waals surface area contributed by atoms with E-state index in [9.17, 15) is 9.59 Å². The number of aryl methyl sites for hydroxylation is 1. The Morgan fingerprint density at radius 1 is 1.22 bits per heavy atom. The van der Waals surface area contributed by atoms with Crippen LogP contribution >= 0.6 is 0 Å². The van der Waals surface area contributed by atoms with E-state index in [1.54, 1.807) is 12.1 Å². The van der Waals surface area contributed by atoms with E-state index >= 15 is 0 Å². The normalized spacial score (nSPS) is 22.0. The maximum Gasteiger partial charge on any atom is 0.271 e. The van der Waals surface area contributed by atoms with Crippen molar-refractivity contribution in [1.29, 1.82) is 0 Å². The molecule has 1 saturated heterocycles. The number of rotatable bonds is 3. The Kier molecular flexibility index (Phi) is 4.43. The minimum Gasteiger partial charge on any atom is -0.343 e. The highest BCUT2D eigenvalue weighted by atomic mass is 16.2. The molecule has 1 aromatic carbocycles. The van der Waals surface area contributed by atoms with Crippen molar-refractivity contribution in [2.45, 2.75) is 19.4 Å². The van der Waals surface area contributed by atoms with Crippen molar-refractivity contribution in [3.63, 3.8) is 0 Å². The minimum atomic E-state index is -0.543. The van der Waals surface area contributed by atoms with Gasteiger partial charge < -0.3 is 15.1 Å². The average Bonchev–Trinajstić information content (AvgIpc) is 2.89. The highest BCUT2D eigenvalue weighted by molar-refractivity contribution is 6.07. The molecule has 0 bridgehead atoms. The SMILES string of the molecule is Cc1ccc(C(=O)CC2NC(N3CCN(C)CC3)=NC2=O)cc1. The van der Waals surface area contributed by atoms with Crippen LogP contribution in [0.3, 0.4) is 0 Å². The van der Waals surface area contributed by atoms with Gasteiger partial charge in [-0.2, -0.15) is 4.99 Å². The van der Waals surface area contributed by atoms with Crippen molar-refractivity contribution in [1.82, 2.24) is 15.1 Å². The molecule has 122 valence electrons. The zero-order valence-corrected chi connectivity index (χ0v) is 13.6. The third-order valence-electron chi connectivity index (χ3n) is 4.38. The van der Waals surface area contributed by atoms with Crippen LogP contribution in [0.2, 0.25) is 0 Å². The number of aliphatic imine (C=N–C) groups is 1. The van der Waals surface area contributed by atoms with Gasteiger partial charge in [-0.05, 0) is 14.0 Å². The fourth-order valence-corrected chi connectivity index (χ4v) is 2.79. The molecule has 1 unspecified atom stereocenters. The Hall–Kier alpha value is -2.21. The Morgan fingerprint density at radius 3 is 2.52 bits per heavy atom. The molecule has 23 heavy (non-hydrogen) atoms. The predicted molar refractivity (Wildman–Crippen MR) is 88.6 cm³/mol. The van der Waals surface area contributed by atoms with E-state index in [1.807, 2.05) is 19.1 Å². The maximum atomic E-state index is 12.3. The third kappa shape index (κ3) is 3.59. The number of piperazine rings is 1. The van der Waals surface area contributed by atoms with Gasteiger partial charge >= 0.3 is 0 Å². The highest BCUT2D eigenvalue weighted by Gasteiger charge is 2.32. The molecular weight excluding hydrogens is 292 g/mol. The molecule has 1 N–H and O–H groups in total. The molecular formula is C17H22N4O2. The summed E-state index contributed by atoms with van der Waals surface area (Å²) >= 11 is 0. The molecule has 1 aromatic rings. The zero-order chi connectivity index (χ0) is 16.4. The van der Waals surface area contributed by atoms with Crippen molar-refractivity contribution in [2.75, 3.05) is 33.2 Å². The molecule has 0 radical (unpaired) electrons. The van der Waals surface area contributed by atoms with E-state index < -0.39 is 6.04 Å². The molecule has 2 aliphatic rings. The van der Waals surface area contributed by atoms with Gasteiger partial charge in [0.2, 0.25) is 5.96 Å². The number of amides is 1. The van der Waals surface area contributed by atoms with E-state index in [0.29, 0.717) is 11.5 Å². The number of nitrogens with one attached hydrogen (secondary N) is 1. The number of ketones is 1. The van der Waals surface area contributed by atoms with Crippen LogP contribution < -0.4 is 5.32 Å². The van der Waals surface area contributed by atoms with Gasteiger partial charge in [0, 0.05) is 38.2 Å². The summed E-state index contributed by atoms with van der Waals surface area (Å²) in [6.45, 7) is 5.55. The first-order valence-electron chi connectivity index (χ1n) is 7.95. The molecule has 2 heterocycles. The van der Waals surface area contributed by atoms with Gasteiger partial charge in [0.25, 0.3) is 5.91 Å². The lowest BCUT2D eigenvalue weighted by Gasteiger charge is -2.33. The zero-order valence-electron chi connectivity index (χ0n) is 13.6. The van der Waals surface area contributed by atoms with Crippen LogP contribution in [0, 0.1) is 6.92 Å². The Bertz CT molecular complexity index is 630. The Labute approximate surface area is 136 Å². The second-order valence-corrected chi connectivity index (χ2v) is 6.25. The Morgan fingerprint density at radius 2 is 1.87 bits per heavy atom. The summed E-state index contributed by atoms with van der Waals surface area (Å²) in [4.78, 5) is 32.8. The van der Waals surface area contributed by atoms with Crippen LogP contribution in [0.4, 0.5) is 0 Å². The quantitative estimate of drug-likeness (QED) is 0.831. The van der Waals surface area contributed by atoms with Crippen LogP contribution in [0.5, 0.6) is 0 Å². The van der Waals surface area contributed by atoms with Crippen molar-refractivity contribution >= 4 is 17.6 Å². The first-order valence-corrected chi connectivity index (χ1v) is 7.95. The summed E-state index contributed by atoms with van der Waals surface area (Å²) in [5.74, 6) is 0.329. The molecule has 1 fully saturated rings. The molecule has 0 aliphatic carbocycles. The van der Waals surface area contributed by atoms with Crippen molar-refractivity contribution in [2.24, 2.45) is 4.99 Å². The van der Waals surface area contributed by atoms with Crippen LogP contribution in [0.1, 0.15) is 22.3 Å². The number of Topliss-reactive ketones (excluding diaryl/α,β-unsaturated/α-hetero) is 1. The number of likely N-dealkylation sites (N-methyl/N-ethyl adjacent to an activating group) is 1. The average molecular weight is 314 g/mol. The molecule has 1 amide bonds. The first kappa shape index (κ1) is 15.7. The van der Waals surface area contributed by atoms with Gasteiger partial charge in [-0.15, -0.1) is 0 Å². The molecule has 0 spiro atoms. The monoisotopic (exact) mass is 314 g/mol. The van der Waals surface area contributed by atoms with Gasteiger partial charge in [0.15, 0.2) is 5.78 Å². The molecule has 2 aliphatic heterocycles. The number of benzene rings is 1. The fraction of sp³-hybridized carbons (Fsp3) is 0.471. The molecule has 6 nitrogen and oxygen atoms in total. The lowest BCUT2D eigenvalue weighted by atomic mass is 10.0. The summed E-state index contributed by atoms with van der Waals surface area (Å²) in [5, 5.41) is 3.12. The van der Waals surface area contributed by atoms with Gasteiger partial charge in [0.1, 0.15) is 6.04 Å². The number of nitrogens with zero attached hydrogens (tertiary/aromatic N) is 3. The summed E-state index contributed by atoms with van der Waals surface area (Å²) in [6.07, 6.45) is 0.142. The predicted octanol–water partition coefficient (Wildman–Crippen LogP) is 0.670. The summed E-state index contributed by atoms with van der Waals surface area (Å²) in [6, 6.07) is 6.88. The molecule has 0 saturated carbocycles. The van der Waals surface area contributed by atoms with E-state index in [4.69, 9.17) is 0 Å². The number of carbonyl (C=O) groups is 2. The topological polar surface area (TPSA) is 65.0 Å². The van der Waals surface area contributed by atoms with Crippen LogP contribution in [-0.4, -0.2) is 66.7 Å². The number of guanidine groups is 1. The van der Waals surface area contributed by atoms with Crippen molar-refractivity contribution in [3.8, 4) is 0 Å². The standard InChI is InChI=1S/C17H22N4O2/c1-12-3-5-13(6-4-12)15(22)11-14-16(23)19-17(18-14)21-9-7-20(2)8-10-21/h3-6,14H,7-11H2,1-2H3,(H,18,19,23). The second kappa shape index (κ2) is 6.50. The van der Waals surface area contributed by atoms with E-state index in [0.717, 1.165) is 31.7 Å². The van der Waals surface area contributed by atoms with Crippen LogP contribution in [0.25, 0.3) is 0 Å². The minimum absolute atomic E-state index is 0.0364. The molecule has 3 rings (SSSR count). The van der Waals surface area contributed by atoms with Crippen molar-refractivity contribution < 1.29 is 9.59 Å². The Balaban J connectivity index is 1.59. The van der Waals surface area contributed by atoms with Crippen LogP contribution in [0.15, 0.2) is 29.3 Å². The van der Waals surface area contributed by atoms with Gasteiger partial charge in [0.05, 0.1) is 0 Å². The maximum absolute atomic E-state index is 12.3. The van der Waals surface area contributed by atoms with E-state index in [2.05, 4.69) is 27.2 Å². The summed E-state index contributed by atoms with van der Waals surface area (Å²) in [5.41, 5.74) is 1.75. The van der Waals surface area contributed by atoms with Crippen LogP contribution in [-0.2, 0) is 4.79 Å². The molecule has 0 aromatic heterocycles. The van der Waals surface area contributed by atoms with E-state index in [1.165, 1.54) is 0 Å². The lowest BCUT2D eigenvalue weighted by Crippen LogP contribution is -2.51. The number of hydrogen-bond donors (Lipinski definition) is 1. The molecule has 6 heteroatoms. The van der Waals surface area contributed by atoms with Gasteiger partial charge in [-0.25, -0.2) is 0 Å². The highest BCUT2D eigenvalue weighted by Crippen LogP contribution is 2.13. The molecule has 1 atom stereocenters. The first-order chi connectivity index (χ1) is 11.0. The fourth-order valence-electron chi connectivity index (χ4n) is 2.79. The third-order valence-corrected chi connectivity index (χ3v) is 4.38. The van der Waals surface area contributed by atoms with Gasteiger partial charge in [-0.1, -0.05) is 29.8 Å². The summed E-state index contributed by atoms with van der Waals surface area (Å²) < 4.78 is 0. The van der Waals surface area contributed by atoms with E-state index in [-0.39, 0.29) is 18.1 Å². The number of hydrogen-bond acceptors (Lipinski definition) is 5. The largest absolute Gasteiger partial charge is 0.343 e. The van der Waals surface area contributed by atoms with Crippen molar-refractivity contribution in [3.05, 3.63) is 35.4 Å².